The van der Waals surface area contributed by atoms with Crippen molar-refractivity contribution in [3.63, 3.8) is 0 Å². The van der Waals surface area contributed by atoms with Crippen LogP contribution < -0.4 is 5.32 Å². The third kappa shape index (κ3) is 1.79. The van der Waals surface area contributed by atoms with Gasteiger partial charge < -0.3 is 9.47 Å². The van der Waals surface area contributed by atoms with E-state index in [4.69, 9.17) is 9.47 Å². The molecule has 2 fully saturated rings. The minimum Gasteiger partial charge on any atom is -0.381 e. The summed E-state index contributed by atoms with van der Waals surface area (Å²) in [4.78, 5) is 0. The first-order chi connectivity index (χ1) is 5.91. The van der Waals surface area contributed by atoms with Crippen molar-refractivity contribution in [1.29, 1.82) is 0 Å². The van der Waals surface area contributed by atoms with Gasteiger partial charge in [-0.15, -0.1) is 0 Å². The van der Waals surface area contributed by atoms with Crippen molar-refractivity contribution < 1.29 is 9.47 Å². The maximum Gasteiger partial charge on any atom is 0.121 e. The van der Waals surface area contributed by atoms with Crippen molar-refractivity contribution in [3.8, 4) is 0 Å². The summed E-state index contributed by atoms with van der Waals surface area (Å²) in [5.74, 6) is 0. The molecule has 0 aromatic rings. The largest absolute Gasteiger partial charge is 0.381 e. The second kappa shape index (κ2) is 3.73. The van der Waals surface area contributed by atoms with Crippen LogP contribution in [-0.2, 0) is 9.47 Å². The number of rotatable bonds is 0. The molecule has 0 amide bonds. The molecule has 3 heteroatoms. The van der Waals surface area contributed by atoms with E-state index in [2.05, 4.69) is 5.32 Å². The molecule has 0 saturated carbocycles. The van der Waals surface area contributed by atoms with Gasteiger partial charge >= 0.3 is 0 Å². The molecule has 2 aliphatic heterocycles. The first-order valence-corrected chi connectivity index (χ1v) is 4.88. The van der Waals surface area contributed by atoms with E-state index in [1.807, 2.05) is 0 Å². The van der Waals surface area contributed by atoms with Gasteiger partial charge in [0.15, 0.2) is 0 Å². The average Bonchev–Trinajstić information content (AvgIpc) is 2.33. The number of nitrogens with one attached hydrogen (secondary N) is 1. The highest BCUT2D eigenvalue weighted by molar-refractivity contribution is 4.82. The van der Waals surface area contributed by atoms with Gasteiger partial charge in [-0.1, -0.05) is 0 Å². The highest BCUT2D eigenvalue weighted by Gasteiger charge is 2.33. The van der Waals surface area contributed by atoms with E-state index in [1.165, 1.54) is 0 Å². The Morgan fingerprint density at radius 3 is 2.83 bits per heavy atom. The van der Waals surface area contributed by atoms with Gasteiger partial charge in [0.1, 0.15) is 5.72 Å². The third-order valence-electron chi connectivity index (χ3n) is 2.67. The summed E-state index contributed by atoms with van der Waals surface area (Å²) in [5.41, 5.74) is -0.0330. The van der Waals surface area contributed by atoms with Gasteiger partial charge in [-0.05, 0) is 25.8 Å². The summed E-state index contributed by atoms with van der Waals surface area (Å²) >= 11 is 0. The van der Waals surface area contributed by atoms with Crippen LogP contribution in [0.2, 0.25) is 0 Å². The summed E-state index contributed by atoms with van der Waals surface area (Å²) in [7, 11) is 0. The molecule has 0 aromatic heterocycles. The molecular weight excluding hydrogens is 154 g/mol. The highest BCUT2D eigenvalue weighted by atomic mass is 16.5. The SMILES string of the molecule is C1CNC2(CCCOCC2)OC1. The smallest absolute Gasteiger partial charge is 0.121 e. The normalized spacial score (nSPS) is 38.0. The zero-order chi connectivity index (χ0) is 8.28. The van der Waals surface area contributed by atoms with Crippen LogP contribution in [0.1, 0.15) is 25.7 Å². The molecule has 3 nitrogen and oxygen atoms in total. The Labute approximate surface area is 73.4 Å². The quantitative estimate of drug-likeness (QED) is 0.587. The second-order valence-electron chi connectivity index (χ2n) is 3.59. The van der Waals surface area contributed by atoms with E-state index in [-0.39, 0.29) is 5.72 Å². The summed E-state index contributed by atoms with van der Waals surface area (Å²) in [6, 6.07) is 0. The van der Waals surface area contributed by atoms with Crippen LogP contribution in [0.4, 0.5) is 0 Å². The molecule has 2 rings (SSSR count). The predicted octanol–water partition coefficient (Wildman–Crippen LogP) is 0.893. The molecule has 2 saturated heterocycles. The van der Waals surface area contributed by atoms with Gasteiger partial charge in [0, 0.05) is 13.0 Å². The summed E-state index contributed by atoms with van der Waals surface area (Å²) < 4.78 is 11.2. The first-order valence-electron chi connectivity index (χ1n) is 4.88. The lowest BCUT2D eigenvalue weighted by Gasteiger charge is -2.37. The molecule has 1 N–H and O–H groups in total. The summed E-state index contributed by atoms with van der Waals surface area (Å²) in [6.07, 6.45) is 4.37. The van der Waals surface area contributed by atoms with Crippen LogP contribution in [0.5, 0.6) is 0 Å². The van der Waals surface area contributed by atoms with Crippen LogP contribution in [0.3, 0.4) is 0 Å². The monoisotopic (exact) mass is 171 g/mol. The van der Waals surface area contributed by atoms with Crippen molar-refractivity contribution in [2.24, 2.45) is 0 Å². The van der Waals surface area contributed by atoms with Gasteiger partial charge in [-0.2, -0.15) is 0 Å². The molecule has 0 radical (unpaired) electrons. The molecule has 1 atom stereocenters. The number of hydrogen-bond donors (Lipinski definition) is 1. The van der Waals surface area contributed by atoms with Gasteiger partial charge in [0.2, 0.25) is 0 Å². The van der Waals surface area contributed by atoms with Crippen molar-refractivity contribution in [3.05, 3.63) is 0 Å². The van der Waals surface area contributed by atoms with E-state index in [0.29, 0.717) is 0 Å². The Morgan fingerprint density at radius 1 is 1.00 bits per heavy atom. The first kappa shape index (κ1) is 8.48. The zero-order valence-corrected chi connectivity index (χ0v) is 7.47. The Balaban J connectivity index is 1.95. The Bertz CT molecular complexity index is 133. The van der Waals surface area contributed by atoms with E-state index < -0.39 is 0 Å². The van der Waals surface area contributed by atoms with E-state index in [9.17, 15) is 0 Å². The van der Waals surface area contributed by atoms with Crippen LogP contribution in [0, 0.1) is 0 Å². The minimum atomic E-state index is -0.0330. The van der Waals surface area contributed by atoms with Crippen molar-refractivity contribution in [2.75, 3.05) is 26.4 Å². The van der Waals surface area contributed by atoms with Crippen LogP contribution in [0.25, 0.3) is 0 Å². The maximum absolute atomic E-state index is 5.80. The zero-order valence-electron chi connectivity index (χ0n) is 7.47. The standard InChI is InChI=1S/C9H17NO2/c1-3-9(4-8-11-6-1)10-5-2-7-12-9/h10H,1-8H2. The molecule has 1 spiro atoms. The molecule has 2 heterocycles. The lowest BCUT2D eigenvalue weighted by molar-refractivity contribution is -0.105. The molecule has 2 aliphatic rings. The van der Waals surface area contributed by atoms with Crippen molar-refractivity contribution in [1.82, 2.24) is 5.32 Å². The average molecular weight is 171 g/mol. The van der Waals surface area contributed by atoms with Gasteiger partial charge in [-0.3, -0.25) is 5.32 Å². The second-order valence-corrected chi connectivity index (χ2v) is 3.59. The minimum absolute atomic E-state index is 0.0330. The predicted molar refractivity (Wildman–Crippen MR) is 46.0 cm³/mol. The van der Waals surface area contributed by atoms with E-state index in [1.54, 1.807) is 0 Å². The van der Waals surface area contributed by atoms with Crippen LogP contribution >= 0.6 is 0 Å². The highest BCUT2D eigenvalue weighted by Crippen LogP contribution is 2.24. The fourth-order valence-electron chi connectivity index (χ4n) is 1.95. The third-order valence-corrected chi connectivity index (χ3v) is 2.67. The molecule has 1 unspecified atom stereocenters. The topological polar surface area (TPSA) is 30.5 Å². The lowest BCUT2D eigenvalue weighted by atomic mass is 10.0. The fraction of sp³-hybridized carbons (Fsp3) is 1.00. The molecule has 0 aromatic carbocycles. The molecule has 0 bridgehead atoms. The van der Waals surface area contributed by atoms with Crippen molar-refractivity contribution in [2.45, 2.75) is 31.4 Å². The van der Waals surface area contributed by atoms with Crippen LogP contribution in [0.15, 0.2) is 0 Å². The lowest BCUT2D eigenvalue weighted by Crippen LogP contribution is -2.52. The van der Waals surface area contributed by atoms with E-state index in [0.717, 1.165) is 52.0 Å². The Hall–Kier alpha value is -0.120. The van der Waals surface area contributed by atoms with Crippen LogP contribution in [-0.4, -0.2) is 32.1 Å². The summed E-state index contributed by atoms with van der Waals surface area (Å²) in [6.45, 7) is 3.74. The van der Waals surface area contributed by atoms with E-state index >= 15 is 0 Å². The molecule has 12 heavy (non-hydrogen) atoms. The Kier molecular flexibility index (Phi) is 2.63. The Morgan fingerprint density at radius 2 is 2.00 bits per heavy atom. The summed E-state index contributed by atoms with van der Waals surface area (Å²) in [5, 5.41) is 3.47. The van der Waals surface area contributed by atoms with Crippen molar-refractivity contribution >= 4 is 0 Å². The van der Waals surface area contributed by atoms with Gasteiger partial charge in [0.05, 0.1) is 13.2 Å². The number of ether oxygens (including phenoxy) is 2. The fourth-order valence-corrected chi connectivity index (χ4v) is 1.95. The van der Waals surface area contributed by atoms with Gasteiger partial charge in [0.25, 0.3) is 0 Å². The number of hydrogen-bond acceptors (Lipinski definition) is 3. The van der Waals surface area contributed by atoms with Gasteiger partial charge in [-0.25, -0.2) is 0 Å². The molecule has 0 aliphatic carbocycles. The molecule has 70 valence electrons. The molecular formula is C9H17NO2. The maximum atomic E-state index is 5.80.